The number of rotatable bonds is 3. The minimum absolute atomic E-state index is 0.0811. The maximum absolute atomic E-state index is 13.3. The summed E-state index contributed by atoms with van der Waals surface area (Å²) in [7, 11) is 0. The van der Waals surface area contributed by atoms with Crippen molar-refractivity contribution in [3.05, 3.63) is 69.3 Å². The van der Waals surface area contributed by atoms with Crippen LogP contribution >= 0.6 is 35.6 Å². The maximum atomic E-state index is 13.3. The fraction of sp³-hybridized carbons (Fsp3) is 0. The predicted molar refractivity (Wildman–Crippen MR) is 100 cm³/mol. The number of carbonyl (C=O) groups is 2. The Labute approximate surface area is 156 Å². The van der Waals surface area contributed by atoms with Crippen molar-refractivity contribution in [2.75, 3.05) is 4.90 Å². The Morgan fingerprint density at radius 1 is 1.28 bits per heavy atom. The fourth-order valence-corrected chi connectivity index (χ4v) is 3.74. The molecule has 2 aromatic carbocycles. The summed E-state index contributed by atoms with van der Waals surface area (Å²) in [6.07, 6.45) is 1.48. The van der Waals surface area contributed by atoms with Gasteiger partial charge in [-0.2, -0.15) is 0 Å². The van der Waals surface area contributed by atoms with Gasteiger partial charge in [-0.15, -0.1) is 0 Å². The Morgan fingerprint density at radius 2 is 2.00 bits per heavy atom. The van der Waals surface area contributed by atoms with Gasteiger partial charge in [0, 0.05) is 0 Å². The molecule has 2 aromatic rings. The topological polar surface area (TPSA) is 57.6 Å². The Hall–Kier alpha value is -2.22. The van der Waals surface area contributed by atoms with Crippen LogP contribution in [0, 0.1) is 5.82 Å². The zero-order valence-electron chi connectivity index (χ0n) is 12.4. The number of carboxylic acid groups (broad SMARTS) is 1. The van der Waals surface area contributed by atoms with Crippen molar-refractivity contribution in [3.63, 3.8) is 0 Å². The van der Waals surface area contributed by atoms with E-state index in [0.717, 1.165) is 17.8 Å². The molecule has 8 heteroatoms. The van der Waals surface area contributed by atoms with E-state index >= 15 is 0 Å². The molecule has 1 heterocycles. The monoisotopic (exact) mass is 393 g/mol. The number of thiocarbonyl (C=S) groups is 1. The van der Waals surface area contributed by atoms with Gasteiger partial charge in [0.1, 0.15) is 5.82 Å². The van der Waals surface area contributed by atoms with Crippen LogP contribution in [0.2, 0.25) is 5.02 Å². The number of amides is 1. The molecule has 1 N–H and O–H groups in total. The number of benzene rings is 2. The van der Waals surface area contributed by atoms with Crippen LogP contribution < -0.4 is 4.90 Å². The van der Waals surface area contributed by atoms with Crippen LogP contribution in [0.3, 0.4) is 0 Å². The Morgan fingerprint density at radius 3 is 2.68 bits per heavy atom. The quantitative estimate of drug-likeness (QED) is 0.610. The first-order chi connectivity index (χ1) is 11.9. The normalized spacial score (nSPS) is 15.9. The van der Waals surface area contributed by atoms with E-state index in [9.17, 15) is 19.1 Å². The van der Waals surface area contributed by atoms with E-state index < -0.39 is 17.7 Å². The second kappa shape index (κ2) is 6.95. The number of thioether (sulfide) groups is 1. The van der Waals surface area contributed by atoms with Crippen molar-refractivity contribution >= 4 is 63.5 Å². The number of halogens is 2. The van der Waals surface area contributed by atoms with Crippen molar-refractivity contribution in [1.82, 2.24) is 0 Å². The summed E-state index contributed by atoms with van der Waals surface area (Å²) in [5, 5.41) is 9.12. The predicted octanol–water partition coefficient (Wildman–Crippen LogP) is 4.58. The van der Waals surface area contributed by atoms with E-state index in [2.05, 4.69) is 0 Å². The average Bonchev–Trinajstić information content (AvgIpc) is 2.84. The summed E-state index contributed by atoms with van der Waals surface area (Å²) < 4.78 is 13.6. The largest absolute Gasteiger partial charge is 0.478 e. The molecular formula is C17H9ClFNO3S2. The summed E-state index contributed by atoms with van der Waals surface area (Å²) in [4.78, 5) is 25.5. The van der Waals surface area contributed by atoms with Gasteiger partial charge in [-0.1, -0.05) is 53.8 Å². The van der Waals surface area contributed by atoms with Crippen molar-refractivity contribution in [2.45, 2.75) is 0 Å². The maximum Gasteiger partial charge on any atom is 0.336 e. The van der Waals surface area contributed by atoms with Crippen molar-refractivity contribution in [2.24, 2.45) is 0 Å². The minimum atomic E-state index is -1.09. The molecule has 1 fully saturated rings. The molecule has 0 saturated carbocycles. The van der Waals surface area contributed by atoms with Crippen LogP contribution in [0.5, 0.6) is 0 Å². The van der Waals surface area contributed by atoms with E-state index in [1.165, 1.54) is 29.2 Å². The second-order valence-corrected chi connectivity index (χ2v) is 7.09. The summed E-state index contributed by atoms with van der Waals surface area (Å²) in [5.41, 5.74) is 0.828. The van der Waals surface area contributed by atoms with Crippen LogP contribution in [0.4, 0.5) is 10.1 Å². The number of hydrogen-bond acceptors (Lipinski definition) is 4. The van der Waals surface area contributed by atoms with Crippen LogP contribution in [0.15, 0.2) is 47.4 Å². The average molecular weight is 394 g/mol. The molecular weight excluding hydrogens is 385 g/mol. The molecule has 25 heavy (non-hydrogen) atoms. The van der Waals surface area contributed by atoms with Gasteiger partial charge >= 0.3 is 5.97 Å². The fourth-order valence-electron chi connectivity index (χ4n) is 2.27. The summed E-state index contributed by atoms with van der Waals surface area (Å²) in [6, 6.07) is 10.2. The molecule has 0 radical (unpaired) electrons. The lowest BCUT2D eigenvalue weighted by molar-refractivity contribution is -0.113. The molecule has 0 unspecified atom stereocenters. The number of aromatic carboxylic acids is 1. The molecule has 1 amide bonds. The van der Waals surface area contributed by atoms with Crippen molar-refractivity contribution < 1.29 is 19.1 Å². The zero-order valence-corrected chi connectivity index (χ0v) is 14.8. The molecule has 4 nitrogen and oxygen atoms in total. The van der Waals surface area contributed by atoms with Gasteiger partial charge in [0.25, 0.3) is 5.91 Å². The number of hydrogen-bond donors (Lipinski definition) is 1. The molecule has 0 spiro atoms. The third kappa shape index (κ3) is 3.44. The molecule has 126 valence electrons. The van der Waals surface area contributed by atoms with Crippen molar-refractivity contribution in [3.8, 4) is 0 Å². The zero-order chi connectivity index (χ0) is 18.1. The number of carboxylic acids is 1. The molecule has 0 aromatic heterocycles. The Bertz CT molecular complexity index is 945. The highest BCUT2D eigenvalue weighted by molar-refractivity contribution is 8.27. The number of anilines is 1. The first kappa shape index (κ1) is 17.6. The first-order valence-corrected chi connectivity index (χ1v) is 8.54. The SMILES string of the molecule is O=C(O)c1ccccc1/C=C1/SC(=S)N(c2ccc(F)c(Cl)c2)C1=O. The van der Waals surface area contributed by atoms with E-state index in [4.69, 9.17) is 23.8 Å². The summed E-state index contributed by atoms with van der Waals surface area (Å²) in [5.74, 6) is -2.10. The smallest absolute Gasteiger partial charge is 0.336 e. The second-order valence-electron chi connectivity index (χ2n) is 5.01. The molecule has 1 aliphatic rings. The molecule has 1 saturated heterocycles. The highest BCUT2D eigenvalue weighted by Gasteiger charge is 2.33. The van der Waals surface area contributed by atoms with Crippen LogP contribution in [-0.4, -0.2) is 21.3 Å². The molecule has 0 atom stereocenters. The number of carbonyl (C=O) groups excluding carboxylic acids is 1. The van der Waals surface area contributed by atoms with E-state index in [0.29, 0.717) is 11.3 Å². The lowest BCUT2D eigenvalue weighted by atomic mass is 10.1. The van der Waals surface area contributed by atoms with Gasteiger partial charge in [-0.25, -0.2) is 9.18 Å². The van der Waals surface area contributed by atoms with E-state index in [1.807, 2.05) is 0 Å². The van der Waals surface area contributed by atoms with Crippen LogP contribution in [-0.2, 0) is 4.79 Å². The van der Waals surface area contributed by atoms with Gasteiger partial charge in [-0.3, -0.25) is 9.69 Å². The van der Waals surface area contributed by atoms with Gasteiger partial charge < -0.3 is 5.11 Å². The third-order valence-corrected chi connectivity index (χ3v) is 5.02. The Balaban J connectivity index is 1.99. The standard InChI is InChI=1S/C17H9ClFNO3S2/c18-12-8-10(5-6-13(12)19)20-15(21)14(25-17(20)24)7-9-3-1-2-4-11(9)16(22)23/h1-8H,(H,22,23)/b14-7+. The summed E-state index contributed by atoms with van der Waals surface area (Å²) in [6.45, 7) is 0. The Kier molecular flexibility index (Phi) is 4.89. The minimum Gasteiger partial charge on any atom is -0.478 e. The highest BCUT2D eigenvalue weighted by Crippen LogP contribution is 2.37. The van der Waals surface area contributed by atoms with Gasteiger partial charge in [0.05, 0.1) is 21.2 Å². The van der Waals surface area contributed by atoms with Gasteiger partial charge in [0.15, 0.2) is 4.32 Å². The van der Waals surface area contributed by atoms with E-state index in [-0.39, 0.29) is 19.8 Å². The molecule has 0 aliphatic carbocycles. The van der Waals surface area contributed by atoms with E-state index in [1.54, 1.807) is 18.2 Å². The molecule has 0 bridgehead atoms. The van der Waals surface area contributed by atoms with Crippen molar-refractivity contribution in [1.29, 1.82) is 0 Å². The lowest BCUT2D eigenvalue weighted by Gasteiger charge is -2.14. The molecule has 1 aliphatic heterocycles. The summed E-state index contributed by atoms with van der Waals surface area (Å²) >= 11 is 12.0. The highest BCUT2D eigenvalue weighted by atomic mass is 35.5. The molecule has 3 rings (SSSR count). The van der Waals surface area contributed by atoms with Gasteiger partial charge in [-0.05, 0) is 35.9 Å². The lowest BCUT2D eigenvalue weighted by Crippen LogP contribution is -2.27. The first-order valence-electron chi connectivity index (χ1n) is 6.94. The van der Waals surface area contributed by atoms with Crippen LogP contribution in [0.25, 0.3) is 6.08 Å². The third-order valence-electron chi connectivity index (χ3n) is 3.43. The van der Waals surface area contributed by atoms with Crippen LogP contribution in [0.1, 0.15) is 15.9 Å². The number of nitrogens with zero attached hydrogens (tertiary/aromatic N) is 1. The van der Waals surface area contributed by atoms with Gasteiger partial charge in [0.2, 0.25) is 0 Å².